The highest BCUT2D eigenvalue weighted by molar-refractivity contribution is 7.20. The Morgan fingerprint density at radius 1 is 0.809 bits per heavy atom. The highest BCUT2D eigenvalue weighted by Gasteiger charge is 2.32. The van der Waals surface area contributed by atoms with E-state index in [0.29, 0.717) is 20.7 Å². The molecule has 0 spiro atoms. The molecule has 0 N–H and O–H groups in total. The van der Waals surface area contributed by atoms with Crippen LogP contribution in [-0.2, 0) is 27.4 Å². The molecule has 0 bridgehead atoms. The zero-order valence-corrected chi connectivity index (χ0v) is 28.8. The van der Waals surface area contributed by atoms with Crippen LogP contribution in [0.1, 0.15) is 81.6 Å². The zero-order valence-electron chi connectivity index (χ0n) is 28.0. The van der Waals surface area contributed by atoms with E-state index in [2.05, 4.69) is 0 Å². The van der Waals surface area contributed by atoms with Crippen LogP contribution >= 0.6 is 11.3 Å². The molecule has 0 atom stereocenters. The Morgan fingerprint density at radius 2 is 1.40 bits per heavy atom. The fourth-order valence-corrected chi connectivity index (χ4v) is 5.92. The zero-order chi connectivity index (χ0) is 34.7. The number of amides is 1. The van der Waals surface area contributed by atoms with Crippen LogP contribution in [0.5, 0.6) is 23.0 Å². The molecule has 4 rings (SSSR count). The normalized spacial score (nSPS) is 12.9. The first kappa shape index (κ1) is 35.7. The van der Waals surface area contributed by atoms with E-state index in [1.165, 1.54) is 25.2 Å². The molecule has 2 aromatic carbocycles. The number of carbonyl (C=O) groups is 3. The van der Waals surface area contributed by atoms with E-state index in [-0.39, 0.29) is 79.7 Å². The number of halogens is 2. The number of benzene rings is 2. The summed E-state index contributed by atoms with van der Waals surface area (Å²) < 4.78 is 64.5. The van der Waals surface area contributed by atoms with Crippen LogP contribution < -0.4 is 18.9 Å². The minimum atomic E-state index is -0.691. The van der Waals surface area contributed by atoms with Gasteiger partial charge in [0.05, 0.1) is 45.3 Å². The van der Waals surface area contributed by atoms with E-state index >= 15 is 8.78 Å². The molecule has 1 aromatic heterocycles. The number of rotatable bonds is 12. The summed E-state index contributed by atoms with van der Waals surface area (Å²) in [5.74, 6) is -2.00. The fourth-order valence-electron chi connectivity index (χ4n) is 4.86. The van der Waals surface area contributed by atoms with Gasteiger partial charge in [-0.3, -0.25) is 14.5 Å². The van der Waals surface area contributed by atoms with Gasteiger partial charge in [0.25, 0.3) is 0 Å². The first-order valence-corrected chi connectivity index (χ1v) is 16.0. The molecule has 1 aliphatic heterocycles. The van der Waals surface area contributed by atoms with Crippen LogP contribution in [0.15, 0.2) is 18.2 Å². The number of carbonyl (C=O) groups excluding carboxylic acids is 3. The van der Waals surface area contributed by atoms with Gasteiger partial charge in [-0.05, 0) is 59.2 Å². The molecule has 1 amide bonds. The Morgan fingerprint density at radius 3 is 2.00 bits per heavy atom. The van der Waals surface area contributed by atoms with Crippen molar-refractivity contribution >= 4 is 39.3 Å². The molecule has 10 nitrogen and oxygen atoms in total. The molecule has 13 heteroatoms. The maximum Gasteiger partial charge on any atom is 0.410 e. The van der Waals surface area contributed by atoms with E-state index in [1.807, 2.05) is 0 Å². The molecule has 0 aliphatic carbocycles. The third-order valence-electron chi connectivity index (χ3n) is 6.90. The van der Waals surface area contributed by atoms with Gasteiger partial charge in [-0.1, -0.05) is 0 Å². The van der Waals surface area contributed by atoms with Gasteiger partial charge in [0.2, 0.25) is 0 Å². The van der Waals surface area contributed by atoms with Crippen LogP contribution in [0.4, 0.5) is 13.6 Å². The van der Waals surface area contributed by atoms with E-state index in [9.17, 15) is 14.4 Å². The standard InChI is InChI=1S/C34H41F2NO9S/c1-33(2,3)45-27(39)11-10-22(38)26-15-20-25(47-26)16-24(42-8)31(28(20)35)44-13-9-12-43-30-23(41-7)14-19-17-37(18-21(19)29(30)36)32(40)46-34(4,5)6/h14-16H,9-13,17-18H2,1-8H3. The number of ketones is 1. The lowest BCUT2D eigenvalue weighted by atomic mass is 10.1. The molecule has 0 unspecified atom stereocenters. The number of fused-ring (bicyclic) bond motifs is 2. The molecule has 0 fully saturated rings. The monoisotopic (exact) mass is 677 g/mol. The summed E-state index contributed by atoms with van der Waals surface area (Å²) in [6.07, 6.45) is -0.446. The second-order valence-corrected chi connectivity index (χ2v) is 14.1. The third kappa shape index (κ3) is 8.82. The average molecular weight is 678 g/mol. The maximum atomic E-state index is 15.6. The number of nitrogens with zero attached hydrogens (tertiary/aromatic N) is 1. The Kier molecular flexibility index (Phi) is 10.9. The second kappa shape index (κ2) is 14.3. The van der Waals surface area contributed by atoms with Gasteiger partial charge in [-0.15, -0.1) is 11.3 Å². The van der Waals surface area contributed by atoms with Gasteiger partial charge in [-0.2, -0.15) is 0 Å². The summed E-state index contributed by atoms with van der Waals surface area (Å²) in [4.78, 5) is 39.0. The van der Waals surface area contributed by atoms with Crippen LogP contribution in [0.25, 0.3) is 10.1 Å². The van der Waals surface area contributed by atoms with Gasteiger partial charge in [-0.25, -0.2) is 13.6 Å². The first-order valence-electron chi connectivity index (χ1n) is 15.2. The topological polar surface area (TPSA) is 110 Å². The number of hydrogen-bond donors (Lipinski definition) is 0. The Hall–Kier alpha value is -4.13. The van der Waals surface area contributed by atoms with Crippen LogP contribution in [0, 0.1) is 11.6 Å². The number of ether oxygens (including phenoxy) is 6. The summed E-state index contributed by atoms with van der Waals surface area (Å²) in [5.41, 5.74) is -0.424. The Labute approximate surface area is 276 Å². The lowest BCUT2D eigenvalue weighted by Gasteiger charge is -2.24. The van der Waals surface area contributed by atoms with Gasteiger partial charge in [0.1, 0.15) is 11.2 Å². The van der Waals surface area contributed by atoms with Crippen molar-refractivity contribution in [1.29, 1.82) is 0 Å². The molecule has 1 aliphatic rings. The van der Waals surface area contributed by atoms with E-state index < -0.39 is 34.9 Å². The van der Waals surface area contributed by atoms with E-state index in [4.69, 9.17) is 28.4 Å². The number of methoxy groups -OCH3 is 2. The molecule has 0 saturated carbocycles. The molecular weight excluding hydrogens is 636 g/mol. The van der Waals surface area contributed by atoms with Crippen molar-refractivity contribution in [3.8, 4) is 23.0 Å². The Balaban J connectivity index is 1.38. The van der Waals surface area contributed by atoms with Crippen LogP contribution in [0.3, 0.4) is 0 Å². The SMILES string of the molecule is COc1cc2c(c(F)c1OCCCOc1c(OC)cc3sc(C(=O)CCC(=O)OC(C)(C)C)cc3c1F)CN(C(=O)OC(C)(C)C)C2. The number of hydrogen-bond acceptors (Lipinski definition) is 10. The first-order chi connectivity index (χ1) is 22.0. The summed E-state index contributed by atoms with van der Waals surface area (Å²) in [6, 6.07) is 4.67. The van der Waals surface area contributed by atoms with Crippen molar-refractivity contribution in [2.75, 3.05) is 27.4 Å². The predicted octanol–water partition coefficient (Wildman–Crippen LogP) is 7.60. The smallest absolute Gasteiger partial charge is 0.410 e. The van der Waals surface area contributed by atoms with Crippen LogP contribution in [0.2, 0.25) is 0 Å². The molecule has 47 heavy (non-hydrogen) atoms. The van der Waals surface area contributed by atoms with Gasteiger partial charge >= 0.3 is 12.1 Å². The predicted molar refractivity (Wildman–Crippen MR) is 172 cm³/mol. The maximum absolute atomic E-state index is 15.6. The molecule has 2 heterocycles. The van der Waals surface area contributed by atoms with Crippen molar-refractivity contribution in [3.05, 3.63) is 45.8 Å². The van der Waals surface area contributed by atoms with Crippen molar-refractivity contribution in [2.24, 2.45) is 0 Å². The number of thiophene rings is 1. The quantitative estimate of drug-likeness (QED) is 0.109. The average Bonchev–Trinajstić information content (AvgIpc) is 3.61. The summed E-state index contributed by atoms with van der Waals surface area (Å²) in [5, 5.41) is 0.188. The summed E-state index contributed by atoms with van der Waals surface area (Å²) in [7, 11) is 2.78. The second-order valence-electron chi connectivity index (χ2n) is 13.0. The molecule has 256 valence electrons. The third-order valence-corrected chi connectivity index (χ3v) is 8.02. The van der Waals surface area contributed by atoms with Crippen molar-refractivity contribution in [3.63, 3.8) is 0 Å². The summed E-state index contributed by atoms with van der Waals surface area (Å²) in [6.45, 7) is 10.7. The Bertz CT molecular complexity index is 1660. The van der Waals surface area contributed by atoms with Crippen molar-refractivity contribution < 1.29 is 51.6 Å². The van der Waals surface area contributed by atoms with Crippen LogP contribution in [-0.4, -0.2) is 61.4 Å². The van der Waals surface area contributed by atoms with Crippen molar-refractivity contribution in [2.45, 2.75) is 85.1 Å². The van der Waals surface area contributed by atoms with Gasteiger partial charge in [0, 0.05) is 41.1 Å². The molecule has 3 aromatic rings. The minimum Gasteiger partial charge on any atom is -0.493 e. The number of esters is 1. The molecule has 0 radical (unpaired) electrons. The fraction of sp³-hybridized carbons (Fsp3) is 0.500. The van der Waals surface area contributed by atoms with E-state index in [1.54, 1.807) is 53.7 Å². The lowest BCUT2D eigenvalue weighted by Crippen LogP contribution is -2.33. The molecule has 0 saturated heterocycles. The van der Waals surface area contributed by atoms with Crippen molar-refractivity contribution in [1.82, 2.24) is 4.90 Å². The minimum absolute atomic E-state index is 0.00585. The summed E-state index contributed by atoms with van der Waals surface area (Å²) >= 11 is 1.10. The molecular formula is C34H41F2NO9S. The highest BCUT2D eigenvalue weighted by atomic mass is 32.1. The highest BCUT2D eigenvalue weighted by Crippen LogP contribution is 2.41. The lowest BCUT2D eigenvalue weighted by molar-refractivity contribution is -0.154. The number of Topliss-reactive ketones (excluding diaryl/α,β-unsaturated/α-hetero) is 1. The van der Waals surface area contributed by atoms with Gasteiger partial charge in [0.15, 0.2) is 40.4 Å². The largest absolute Gasteiger partial charge is 0.493 e. The van der Waals surface area contributed by atoms with Gasteiger partial charge < -0.3 is 28.4 Å². The van der Waals surface area contributed by atoms with E-state index in [0.717, 1.165) is 11.3 Å².